The standard InChI is InChI=1S/C18H23NO2/c1-13-7-9-18(10-8-13)12-16(20)19-17(21)15(18)11-14-5-3-2-4-6-14/h2-6,13,15H,7-12H2,1H3,(H,19,20,21). The molecule has 1 aliphatic heterocycles. The van der Waals surface area contributed by atoms with Crippen molar-refractivity contribution < 1.29 is 9.59 Å². The predicted molar refractivity (Wildman–Crippen MR) is 81.5 cm³/mol. The Kier molecular flexibility index (Phi) is 3.83. The van der Waals surface area contributed by atoms with Crippen LogP contribution in [0.5, 0.6) is 0 Å². The van der Waals surface area contributed by atoms with E-state index in [9.17, 15) is 9.59 Å². The van der Waals surface area contributed by atoms with Gasteiger partial charge in [0.05, 0.1) is 0 Å². The average Bonchev–Trinajstić information content (AvgIpc) is 2.47. The number of piperidine rings is 1. The first-order valence-electron chi connectivity index (χ1n) is 7.97. The first-order valence-corrected chi connectivity index (χ1v) is 7.97. The van der Waals surface area contributed by atoms with E-state index in [1.807, 2.05) is 18.2 Å². The van der Waals surface area contributed by atoms with Crippen molar-refractivity contribution in [2.45, 2.75) is 45.4 Å². The summed E-state index contributed by atoms with van der Waals surface area (Å²) in [4.78, 5) is 24.3. The summed E-state index contributed by atoms with van der Waals surface area (Å²) >= 11 is 0. The maximum Gasteiger partial charge on any atom is 0.230 e. The van der Waals surface area contributed by atoms with Crippen LogP contribution in [0.15, 0.2) is 30.3 Å². The molecule has 0 bridgehead atoms. The van der Waals surface area contributed by atoms with Crippen LogP contribution in [0.2, 0.25) is 0 Å². The molecule has 3 rings (SSSR count). The SMILES string of the molecule is CC1CCC2(CC1)CC(=O)NC(=O)C2Cc1ccccc1. The van der Waals surface area contributed by atoms with Gasteiger partial charge in [-0.25, -0.2) is 0 Å². The van der Waals surface area contributed by atoms with E-state index < -0.39 is 0 Å². The number of imide groups is 1. The minimum absolute atomic E-state index is 0.0647. The smallest absolute Gasteiger partial charge is 0.230 e. The summed E-state index contributed by atoms with van der Waals surface area (Å²) in [6.45, 7) is 2.27. The van der Waals surface area contributed by atoms with Gasteiger partial charge in [0.25, 0.3) is 0 Å². The Morgan fingerprint density at radius 3 is 2.48 bits per heavy atom. The van der Waals surface area contributed by atoms with E-state index in [0.717, 1.165) is 32.1 Å². The van der Waals surface area contributed by atoms with E-state index in [0.29, 0.717) is 12.3 Å². The van der Waals surface area contributed by atoms with Crippen LogP contribution in [0.25, 0.3) is 0 Å². The zero-order chi connectivity index (χ0) is 14.9. The Balaban J connectivity index is 1.86. The molecular formula is C18H23NO2. The summed E-state index contributed by atoms with van der Waals surface area (Å²) in [5.74, 6) is 0.502. The van der Waals surface area contributed by atoms with Crippen molar-refractivity contribution in [3.05, 3.63) is 35.9 Å². The zero-order valence-corrected chi connectivity index (χ0v) is 12.6. The number of nitrogens with one attached hydrogen (secondary N) is 1. The van der Waals surface area contributed by atoms with Crippen LogP contribution < -0.4 is 5.32 Å². The molecule has 0 radical (unpaired) electrons. The molecule has 2 fully saturated rings. The van der Waals surface area contributed by atoms with Crippen LogP contribution in [-0.4, -0.2) is 11.8 Å². The number of carbonyl (C=O) groups excluding carboxylic acids is 2. The normalized spacial score (nSPS) is 33.0. The Morgan fingerprint density at radius 2 is 1.81 bits per heavy atom. The summed E-state index contributed by atoms with van der Waals surface area (Å²) in [5, 5.41) is 2.55. The van der Waals surface area contributed by atoms with Gasteiger partial charge in [-0.1, -0.05) is 50.1 Å². The maximum atomic E-state index is 12.4. The van der Waals surface area contributed by atoms with Crippen LogP contribution >= 0.6 is 0 Å². The second-order valence-corrected chi connectivity index (χ2v) is 6.88. The van der Waals surface area contributed by atoms with E-state index in [1.165, 1.54) is 5.56 Å². The third-order valence-corrected chi connectivity index (χ3v) is 5.38. The van der Waals surface area contributed by atoms with Crippen LogP contribution in [0.1, 0.15) is 44.6 Å². The molecule has 1 aromatic carbocycles. The number of rotatable bonds is 2. The summed E-state index contributed by atoms with van der Waals surface area (Å²) in [6.07, 6.45) is 5.53. The molecular weight excluding hydrogens is 262 g/mol. The molecule has 1 saturated heterocycles. The van der Waals surface area contributed by atoms with E-state index >= 15 is 0 Å². The molecule has 3 heteroatoms. The lowest BCUT2D eigenvalue weighted by Crippen LogP contribution is -2.54. The number of hydrogen-bond acceptors (Lipinski definition) is 2. The van der Waals surface area contributed by atoms with Gasteiger partial charge in [0.1, 0.15) is 0 Å². The number of amides is 2. The van der Waals surface area contributed by atoms with Gasteiger partial charge in [0.15, 0.2) is 0 Å². The van der Waals surface area contributed by atoms with Gasteiger partial charge in [-0.2, -0.15) is 0 Å². The molecule has 112 valence electrons. The second-order valence-electron chi connectivity index (χ2n) is 6.88. The Morgan fingerprint density at radius 1 is 1.14 bits per heavy atom. The minimum Gasteiger partial charge on any atom is -0.296 e. The number of hydrogen-bond donors (Lipinski definition) is 1. The maximum absolute atomic E-state index is 12.4. The molecule has 1 saturated carbocycles. The van der Waals surface area contributed by atoms with Gasteiger partial charge >= 0.3 is 0 Å². The van der Waals surface area contributed by atoms with Crippen molar-refractivity contribution in [1.82, 2.24) is 5.32 Å². The number of carbonyl (C=O) groups is 2. The molecule has 3 nitrogen and oxygen atoms in total. The van der Waals surface area contributed by atoms with Crippen molar-refractivity contribution in [2.75, 3.05) is 0 Å². The fourth-order valence-electron chi connectivity index (χ4n) is 4.01. The van der Waals surface area contributed by atoms with Gasteiger partial charge in [-0.05, 0) is 36.2 Å². The quantitative estimate of drug-likeness (QED) is 0.849. The predicted octanol–water partition coefficient (Wildman–Crippen LogP) is 3.09. The monoisotopic (exact) mass is 285 g/mol. The third kappa shape index (κ3) is 2.87. The molecule has 1 aliphatic carbocycles. The van der Waals surface area contributed by atoms with Crippen LogP contribution in [0, 0.1) is 17.3 Å². The van der Waals surface area contributed by atoms with Crippen LogP contribution in [-0.2, 0) is 16.0 Å². The van der Waals surface area contributed by atoms with Gasteiger partial charge < -0.3 is 0 Å². The van der Waals surface area contributed by atoms with E-state index in [2.05, 4.69) is 24.4 Å². The molecule has 0 aromatic heterocycles. The van der Waals surface area contributed by atoms with Gasteiger partial charge in [0.2, 0.25) is 11.8 Å². The van der Waals surface area contributed by atoms with E-state index in [4.69, 9.17) is 0 Å². The van der Waals surface area contributed by atoms with Gasteiger partial charge in [0, 0.05) is 12.3 Å². The number of benzene rings is 1. The fraction of sp³-hybridized carbons (Fsp3) is 0.556. The highest BCUT2D eigenvalue weighted by molar-refractivity contribution is 5.99. The zero-order valence-electron chi connectivity index (χ0n) is 12.6. The Bertz CT molecular complexity index is 529. The molecule has 1 atom stereocenters. The molecule has 1 unspecified atom stereocenters. The molecule has 21 heavy (non-hydrogen) atoms. The van der Waals surface area contributed by atoms with Crippen molar-refractivity contribution in [2.24, 2.45) is 17.3 Å². The van der Waals surface area contributed by atoms with Crippen molar-refractivity contribution >= 4 is 11.8 Å². The minimum atomic E-state index is -0.109. The lowest BCUT2D eigenvalue weighted by Gasteiger charge is -2.46. The first-order chi connectivity index (χ1) is 10.1. The molecule has 2 aliphatic rings. The second kappa shape index (κ2) is 5.63. The lowest BCUT2D eigenvalue weighted by molar-refractivity contribution is -0.146. The highest BCUT2D eigenvalue weighted by Crippen LogP contribution is 2.49. The average molecular weight is 285 g/mol. The molecule has 1 aromatic rings. The molecule has 1 N–H and O–H groups in total. The molecule has 1 spiro atoms. The first kappa shape index (κ1) is 14.3. The molecule has 1 heterocycles. The van der Waals surface area contributed by atoms with Crippen molar-refractivity contribution in [3.63, 3.8) is 0 Å². The Hall–Kier alpha value is -1.64. The topological polar surface area (TPSA) is 46.2 Å². The summed E-state index contributed by atoms with van der Waals surface area (Å²) in [6, 6.07) is 10.2. The highest BCUT2D eigenvalue weighted by Gasteiger charge is 2.49. The molecule has 2 amide bonds. The van der Waals surface area contributed by atoms with E-state index in [1.54, 1.807) is 0 Å². The van der Waals surface area contributed by atoms with Gasteiger partial charge in [-0.15, -0.1) is 0 Å². The Labute approximate surface area is 126 Å². The van der Waals surface area contributed by atoms with Crippen LogP contribution in [0.4, 0.5) is 0 Å². The summed E-state index contributed by atoms with van der Waals surface area (Å²) in [5.41, 5.74) is 1.08. The van der Waals surface area contributed by atoms with Crippen molar-refractivity contribution in [3.8, 4) is 0 Å². The van der Waals surface area contributed by atoms with E-state index in [-0.39, 0.29) is 23.1 Å². The third-order valence-electron chi connectivity index (χ3n) is 5.38. The van der Waals surface area contributed by atoms with Crippen molar-refractivity contribution in [1.29, 1.82) is 0 Å². The highest BCUT2D eigenvalue weighted by atomic mass is 16.2. The largest absolute Gasteiger partial charge is 0.296 e. The summed E-state index contributed by atoms with van der Waals surface area (Å²) < 4.78 is 0. The van der Waals surface area contributed by atoms with Crippen LogP contribution in [0.3, 0.4) is 0 Å². The lowest BCUT2D eigenvalue weighted by atomic mass is 9.59. The van der Waals surface area contributed by atoms with Gasteiger partial charge in [-0.3, -0.25) is 14.9 Å². The summed E-state index contributed by atoms with van der Waals surface area (Å²) in [7, 11) is 0. The fourth-order valence-corrected chi connectivity index (χ4v) is 4.01.